The number of benzene rings is 2. The molecule has 0 aromatic heterocycles. The molecule has 0 unspecified atom stereocenters. The van der Waals surface area contributed by atoms with Crippen molar-refractivity contribution in [2.75, 3.05) is 5.75 Å². The fourth-order valence-corrected chi connectivity index (χ4v) is 3.07. The van der Waals surface area contributed by atoms with E-state index in [4.69, 9.17) is 0 Å². The minimum atomic E-state index is -0.812. The lowest BCUT2D eigenvalue weighted by atomic mass is 10.1. The molecule has 2 aromatic carbocycles. The van der Waals surface area contributed by atoms with Crippen LogP contribution < -0.4 is 0 Å². The number of halogens is 3. The van der Waals surface area contributed by atoms with E-state index in [2.05, 4.69) is 15.9 Å². The van der Waals surface area contributed by atoms with E-state index >= 15 is 0 Å². The molecule has 0 radical (unpaired) electrons. The van der Waals surface area contributed by atoms with Crippen molar-refractivity contribution in [1.82, 2.24) is 0 Å². The van der Waals surface area contributed by atoms with Gasteiger partial charge in [-0.15, -0.1) is 11.8 Å². The van der Waals surface area contributed by atoms with Gasteiger partial charge in [0.15, 0.2) is 5.78 Å². The van der Waals surface area contributed by atoms with E-state index in [0.29, 0.717) is 0 Å². The SMILES string of the molecule is Cc1ccc(F)c(C(=O)CSc2cccc(Br)c2)c1F. The van der Waals surface area contributed by atoms with Gasteiger partial charge in [0.2, 0.25) is 0 Å². The lowest BCUT2D eigenvalue weighted by Gasteiger charge is -2.06. The van der Waals surface area contributed by atoms with Gasteiger partial charge in [-0.1, -0.05) is 28.1 Å². The molecule has 0 aliphatic rings. The molecule has 0 N–H and O–H groups in total. The fraction of sp³-hybridized carbons (Fsp3) is 0.133. The van der Waals surface area contributed by atoms with Crippen molar-refractivity contribution in [3.05, 3.63) is 63.6 Å². The molecule has 0 saturated carbocycles. The first-order valence-corrected chi connectivity index (χ1v) is 7.63. The van der Waals surface area contributed by atoms with Crippen LogP contribution in [0.2, 0.25) is 0 Å². The van der Waals surface area contributed by atoms with Gasteiger partial charge in [0.05, 0.1) is 11.3 Å². The molecular formula is C15H11BrF2OS. The molecule has 0 aliphatic heterocycles. The Morgan fingerprint density at radius 3 is 2.70 bits per heavy atom. The van der Waals surface area contributed by atoms with Crippen LogP contribution in [0.3, 0.4) is 0 Å². The number of thioether (sulfide) groups is 1. The summed E-state index contributed by atoms with van der Waals surface area (Å²) >= 11 is 4.58. The third kappa shape index (κ3) is 3.46. The van der Waals surface area contributed by atoms with Crippen LogP contribution in [0, 0.1) is 18.6 Å². The van der Waals surface area contributed by atoms with Crippen LogP contribution >= 0.6 is 27.7 Å². The standard InChI is InChI=1S/C15H11BrF2OS/c1-9-5-6-12(17)14(15(9)18)13(19)8-20-11-4-2-3-10(16)7-11/h2-7H,8H2,1H3. The third-order valence-corrected chi connectivity index (χ3v) is 4.22. The Bertz CT molecular complexity index is 658. The maximum Gasteiger partial charge on any atom is 0.178 e. The predicted molar refractivity (Wildman–Crippen MR) is 80.3 cm³/mol. The monoisotopic (exact) mass is 356 g/mol. The molecule has 20 heavy (non-hydrogen) atoms. The summed E-state index contributed by atoms with van der Waals surface area (Å²) in [6, 6.07) is 9.83. The normalized spacial score (nSPS) is 10.6. The zero-order valence-electron chi connectivity index (χ0n) is 10.6. The molecule has 0 atom stereocenters. The van der Waals surface area contributed by atoms with Gasteiger partial charge in [0.25, 0.3) is 0 Å². The summed E-state index contributed by atoms with van der Waals surface area (Å²) in [5.74, 6) is -2.14. The number of Topliss-reactive ketones (excluding diaryl/α,β-unsaturated/α-hetero) is 1. The second kappa shape index (κ2) is 6.50. The van der Waals surface area contributed by atoms with E-state index in [0.717, 1.165) is 15.4 Å². The molecule has 0 spiro atoms. The summed E-state index contributed by atoms with van der Waals surface area (Å²) < 4.78 is 28.3. The molecule has 0 bridgehead atoms. The zero-order valence-corrected chi connectivity index (χ0v) is 13.0. The first-order chi connectivity index (χ1) is 9.49. The van der Waals surface area contributed by atoms with Crippen molar-refractivity contribution in [1.29, 1.82) is 0 Å². The first-order valence-electron chi connectivity index (χ1n) is 5.85. The van der Waals surface area contributed by atoms with E-state index in [-0.39, 0.29) is 11.3 Å². The largest absolute Gasteiger partial charge is 0.293 e. The zero-order chi connectivity index (χ0) is 14.7. The Hall–Kier alpha value is -1.20. The number of aryl methyl sites for hydroxylation is 1. The molecule has 2 rings (SSSR count). The maximum atomic E-state index is 13.8. The van der Waals surface area contributed by atoms with E-state index in [1.54, 1.807) is 0 Å². The molecule has 0 aliphatic carbocycles. The molecule has 1 nitrogen and oxygen atoms in total. The number of hydrogen-bond acceptors (Lipinski definition) is 2. The molecule has 5 heteroatoms. The Labute approximate surface area is 128 Å². The lowest BCUT2D eigenvalue weighted by Crippen LogP contribution is -2.09. The van der Waals surface area contributed by atoms with Gasteiger partial charge in [-0.25, -0.2) is 8.78 Å². The second-order valence-corrected chi connectivity index (χ2v) is 6.19. The first kappa shape index (κ1) is 15.2. The quantitative estimate of drug-likeness (QED) is 0.565. The van der Waals surface area contributed by atoms with Gasteiger partial charge in [-0.2, -0.15) is 0 Å². The molecule has 2 aromatic rings. The van der Waals surface area contributed by atoms with Crippen molar-refractivity contribution in [2.24, 2.45) is 0 Å². The van der Waals surface area contributed by atoms with Crippen molar-refractivity contribution in [2.45, 2.75) is 11.8 Å². The average molecular weight is 357 g/mol. The Morgan fingerprint density at radius 2 is 2.00 bits per heavy atom. The van der Waals surface area contributed by atoms with E-state index in [1.165, 1.54) is 24.8 Å². The van der Waals surface area contributed by atoms with E-state index in [1.807, 2.05) is 24.3 Å². The topological polar surface area (TPSA) is 17.1 Å². The van der Waals surface area contributed by atoms with Gasteiger partial charge < -0.3 is 0 Å². The van der Waals surface area contributed by atoms with Gasteiger partial charge in [0.1, 0.15) is 11.6 Å². The summed E-state index contributed by atoms with van der Waals surface area (Å²) in [6.07, 6.45) is 0. The van der Waals surface area contributed by atoms with Crippen LogP contribution in [0.1, 0.15) is 15.9 Å². The van der Waals surface area contributed by atoms with Crippen LogP contribution in [-0.2, 0) is 0 Å². The van der Waals surface area contributed by atoms with Crippen LogP contribution in [0.25, 0.3) is 0 Å². The summed E-state index contributed by atoms with van der Waals surface area (Å²) in [7, 11) is 0. The molecule has 0 saturated heterocycles. The molecule has 0 heterocycles. The van der Waals surface area contributed by atoms with Gasteiger partial charge in [0, 0.05) is 9.37 Å². The highest BCUT2D eigenvalue weighted by Crippen LogP contribution is 2.24. The van der Waals surface area contributed by atoms with Crippen LogP contribution in [0.5, 0.6) is 0 Å². The number of hydrogen-bond donors (Lipinski definition) is 0. The number of carbonyl (C=O) groups excluding carboxylic acids is 1. The minimum Gasteiger partial charge on any atom is -0.293 e. The highest BCUT2D eigenvalue weighted by Gasteiger charge is 2.19. The number of carbonyl (C=O) groups is 1. The fourth-order valence-electron chi connectivity index (χ4n) is 1.69. The lowest BCUT2D eigenvalue weighted by molar-refractivity contribution is 0.101. The molecule has 0 fully saturated rings. The van der Waals surface area contributed by atoms with Crippen LogP contribution in [-0.4, -0.2) is 11.5 Å². The van der Waals surface area contributed by atoms with E-state index < -0.39 is 23.0 Å². The van der Waals surface area contributed by atoms with Crippen LogP contribution in [0.15, 0.2) is 45.8 Å². The van der Waals surface area contributed by atoms with Crippen LogP contribution in [0.4, 0.5) is 8.78 Å². The summed E-state index contributed by atoms with van der Waals surface area (Å²) in [5.41, 5.74) is -0.185. The van der Waals surface area contributed by atoms with Gasteiger partial charge in [-0.3, -0.25) is 4.79 Å². The number of ketones is 1. The molecular weight excluding hydrogens is 346 g/mol. The minimum absolute atomic E-state index is 0.00620. The smallest absolute Gasteiger partial charge is 0.178 e. The summed E-state index contributed by atoms with van der Waals surface area (Å²) in [6.45, 7) is 1.51. The number of rotatable bonds is 4. The van der Waals surface area contributed by atoms with Crippen molar-refractivity contribution in [3.63, 3.8) is 0 Å². The molecule has 104 valence electrons. The van der Waals surface area contributed by atoms with Crippen molar-refractivity contribution >= 4 is 33.5 Å². The van der Waals surface area contributed by atoms with E-state index in [9.17, 15) is 13.6 Å². The van der Waals surface area contributed by atoms with Gasteiger partial charge >= 0.3 is 0 Å². The van der Waals surface area contributed by atoms with Gasteiger partial charge in [-0.05, 0) is 36.8 Å². The average Bonchev–Trinajstić information content (AvgIpc) is 2.41. The molecule has 0 amide bonds. The second-order valence-electron chi connectivity index (χ2n) is 4.22. The third-order valence-electron chi connectivity index (χ3n) is 2.73. The Kier molecular flexibility index (Phi) is 4.94. The Balaban J connectivity index is 2.15. The summed E-state index contributed by atoms with van der Waals surface area (Å²) in [4.78, 5) is 12.8. The predicted octanol–water partition coefficient (Wildman–Crippen LogP) is 5.01. The van der Waals surface area contributed by atoms with Crippen molar-refractivity contribution in [3.8, 4) is 0 Å². The maximum absolute atomic E-state index is 13.8. The highest BCUT2D eigenvalue weighted by molar-refractivity contribution is 9.10. The Morgan fingerprint density at radius 1 is 1.25 bits per heavy atom. The summed E-state index contributed by atoms with van der Waals surface area (Å²) in [5, 5.41) is 0. The highest BCUT2D eigenvalue weighted by atomic mass is 79.9. The van der Waals surface area contributed by atoms with Crippen molar-refractivity contribution < 1.29 is 13.6 Å².